The predicted octanol–water partition coefficient (Wildman–Crippen LogP) is 0.665. The number of hydrogen-bond donors (Lipinski definition) is 2. The molecule has 1 heterocycles. The summed E-state index contributed by atoms with van der Waals surface area (Å²) < 4.78 is 5.33. The third-order valence-corrected chi connectivity index (χ3v) is 4.62. The normalized spacial score (nSPS) is 19.7. The van der Waals surface area contributed by atoms with Crippen LogP contribution in [-0.2, 0) is 14.3 Å². The molecule has 9 heteroatoms. The van der Waals surface area contributed by atoms with Crippen LogP contribution in [0.25, 0.3) is 0 Å². The summed E-state index contributed by atoms with van der Waals surface area (Å²) in [5.74, 6) is 1.14. The van der Waals surface area contributed by atoms with Crippen LogP contribution in [0.5, 0.6) is 0 Å². The second kappa shape index (κ2) is 12.4. The zero-order chi connectivity index (χ0) is 18.9. The second-order valence-corrected chi connectivity index (χ2v) is 7.16. The molecule has 2 amide bonds. The highest BCUT2D eigenvalue weighted by atomic mass is 127. The number of nitrogens with zero attached hydrogens (tertiary/aromatic N) is 3. The second-order valence-electron chi connectivity index (χ2n) is 7.16. The average Bonchev–Trinajstić information content (AvgIpc) is 3.38. The molecule has 0 aromatic heterocycles. The van der Waals surface area contributed by atoms with Gasteiger partial charge in [0.15, 0.2) is 5.96 Å². The topological polar surface area (TPSA) is 86.3 Å². The molecule has 27 heavy (non-hydrogen) atoms. The minimum atomic E-state index is -0.0450. The van der Waals surface area contributed by atoms with Crippen LogP contribution in [0.2, 0.25) is 0 Å². The van der Waals surface area contributed by atoms with Crippen molar-refractivity contribution in [2.45, 2.75) is 38.6 Å². The van der Waals surface area contributed by atoms with Gasteiger partial charge in [-0.3, -0.25) is 9.59 Å². The maximum absolute atomic E-state index is 12.1. The Morgan fingerprint density at radius 1 is 1.33 bits per heavy atom. The number of likely N-dealkylation sites (N-methyl/N-ethyl adjacent to an activating group) is 1. The van der Waals surface area contributed by atoms with E-state index in [4.69, 9.17) is 4.74 Å². The Morgan fingerprint density at radius 3 is 2.70 bits per heavy atom. The van der Waals surface area contributed by atoms with Crippen LogP contribution in [0, 0.1) is 5.92 Å². The molecule has 8 nitrogen and oxygen atoms in total. The number of halogens is 1. The average molecular weight is 495 g/mol. The van der Waals surface area contributed by atoms with E-state index in [1.54, 1.807) is 14.1 Å². The van der Waals surface area contributed by atoms with Crippen molar-refractivity contribution in [1.29, 1.82) is 0 Å². The molecule has 2 N–H and O–H groups in total. The lowest BCUT2D eigenvalue weighted by molar-refractivity contribution is -0.128. The predicted molar refractivity (Wildman–Crippen MR) is 116 cm³/mol. The van der Waals surface area contributed by atoms with Gasteiger partial charge in [-0.05, 0) is 26.2 Å². The third-order valence-electron chi connectivity index (χ3n) is 4.62. The lowest BCUT2D eigenvalue weighted by Crippen LogP contribution is -2.41. The smallest absolute Gasteiger partial charge is 0.243 e. The van der Waals surface area contributed by atoms with Gasteiger partial charge in [0, 0.05) is 65.3 Å². The molecule has 1 saturated carbocycles. The Labute approximate surface area is 179 Å². The highest BCUT2D eigenvalue weighted by Gasteiger charge is 2.39. The summed E-state index contributed by atoms with van der Waals surface area (Å²) in [6.07, 6.45) is 3.75. The SMILES string of the molecule is CCOCCCNC(=NCC(=O)N(C)C)NCC1CC(=O)N(C2CC2)C1.I. The summed E-state index contributed by atoms with van der Waals surface area (Å²) >= 11 is 0. The van der Waals surface area contributed by atoms with E-state index < -0.39 is 0 Å². The first kappa shape index (κ1) is 23.9. The molecule has 2 aliphatic rings. The Hall–Kier alpha value is -1.10. The first-order valence-corrected chi connectivity index (χ1v) is 9.60. The molecule has 0 radical (unpaired) electrons. The lowest BCUT2D eigenvalue weighted by Gasteiger charge is -2.17. The molecule has 1 aliphatic carbocycles. The summed E-state index contributed by atoms with van der Waals surface area (Å²) in [6.45, 7) is 5.71. The van der Waals surface area contributed by atoms with E-state index in [1.807, 2.05) is 11.8 Å². The van der Waals surface area contributed by atoms with Crippen LogP contribution in [0.4, 0.5) is 0 Å². The fourth-order valence-corrected chi connectivity index (χ4v) is 2.91. The van der Waals surface area contributed by atoms with Gasteiger partial charge in [-0.2, -0.15) is 0 Å². The van der Waals surface area contributed by atoms with Crippen molar-refractivity contribution in [3.8, 4) is 0 Å². The van der Waals surface area contributed by atoms with E-state index in [-0.39, 0.29) is 42.3 Å². The Kier molecular flexibility index (Phi) is 11.0. The van der Waals surface area contributed by atoms with E-state index in [1.165, 1.54) is 4.90 Å². The molecular weight excluding hydrogens is 461 g/mol. The number of ether oxygens (including phenoxy) is 1. The third kappa shape index (κ3) is 8.63. The molecule has 0 bridgehead atoms. The molecule has 2 rings (SSSR count). The molecule has 1 saturated heterocycles. The summed E-state index contributed by atoms with van der Waals surface area (Å²) in [6, 6.07) is 0.482. The number of likely N-dealkylation sites (tertiary alicyclic amines) is 1. The zero-order valence-electron chi connectivity index (χ0n) is 16.7. The van der Waals surface area contributed by atoms with Gasteiger partial charge in [-0.25, -0.2) is 4.99 Å². The van der Waals surface area contributed by atoms with Crippen LogP contribution in [0.15, 0.2) is 4.99 Å². The van der Waals surface area contributed by atoms with Crippen LogP contribution in [0.3, 0.4) is 0 Å². The summed E-state index contributed by atoms with van der Waals surface area (Å²) in [5, 5.41) is 6.54. The van der Waals surface area contributed by atoms with E-state index in [9.17, 15) is 9.59 Å². The first-order valence-electron chi connectivity index (χ1n) is 9.60. The Balaban J connectivity index is 0.00000364. The maximum Gasteiger partial charge on any atom is 0.243 e. The molecule has 0 spiro atoms. The quantitative estimate of drug-likeness (QED) is 0.201. The highest BCUT2D eigenvalue weighted by Crippen LogP contribution is 2.32. The van der Waals surface area contributed by atoms with Crippen molar-refractivity contribution in [2.24, 2.45) is 10.9 Å². The van der Waals surface area contributed by atoms with Crippen LogP contribution < -0.4 is 10.6 Å². The van der Waals surface area contributed by atoms with Gasteiger partial charge in [0.1, 0.15) is 6.54 Å². The van der Waals surface area contributed by atoms with Gasteiger partial charge in [-0.1, -0.05) is 0 Å². The fourth-order valence-electron chi connectivity index (χ4n) is 2.91. The molecule has 0 aromatic rings. The largest absolute Gasteiger partial charge is 0.382 e. The molecular formula is C18H34IN5O3. The van der Waals surface area contributed by atoms with E-state index in [2.05, 4.69) is 15.6 Å². The number of hydrogen-bond acceptors (Lipinski definition) is 4. The van der Waals surface area contributed by atoms with Crippen LogP contribution in [-0.4, -0.2) is 87.1 Å². The molecule has 1 aliphatic heterocycles. The van der Waals surface area contributed by atoms with Gasteiger partial charge in [0.25, 0.3) is 0 Å². The number of aliphatic imine (C=N–C) groups is 1. The van der Waals surface area contributed by atoms with Crippen molar-refractivity contribution in [2.75, 3.05) is 53.5 Å². The Bertz CT molecular complexity index is 511. The molecule has 0 aromatic carbocycles. The fraction of sp³-hybridized carbons (Fsp3) is 0.833. The van der Waals surface area contributed by atoms with Crippen molar-refractivity contribution >= 4 is 41.8 Å². The Morgan fingerprint density at radius 2 is 2.07 bits per heavy atom. The minimum absolute atomic E-state index is 0. The minimum Gasteiger partial charge on any atom is -0.382 e. The van der Waals surface area contributed by atoms with E-state index in [0.29, 0.717) is 44.1 Å². The van der Waals surface area contributed by atoms with Gasteiger partial charge < -0.3 is 25.2 Å². The number of guanidine groups is 1. The van der Waals surface area contributed by atoms with Gasteiger partial charge in [0.05, 0.1) is 0 Å². The molecule has 156 valence electrons. The lowest BCUT2D eigenvalue weighted by atomic mass is 10.1. The molecule has 1 unspecified atom stereocenters. The first-order chi connectivity index (χ1) is 12.5. The van der Waals surface area contributed by atoms with Crippen molar-refractivity contribution in [1.82, 2.24) is 20.4 Å². The van der Waals surface area contributed by atoms with Gasteiger partial charge in [-0.15, -0.1) is 24.0 Å². The number of carbonyl (C=O) groups is 2. The number of carbonyl (C=O) groups excluding carboxylic acids is 2. The number of amides is 2. The van der Waals surface area contributed by atoms with Crippen LogP contribution in [0.1, 0.15) is 32.6 Å². The van der Waals surface area contributed by atoms with E-state index >= 15 is 0 Å². The van der Waals surface area contributed by atoms with E-state index in [0.717, 1.165) is 32.4 Å². The number of rotatable bonds is 10. The summed E-state index contributed by atoms with van der Waals surface area (Å²) in [5.41, 5.74) is 0. The summed E-state index contributed by atoms with van der Waals surface area (Å²) in [4.78, 5) is 31.8. The van der Waals surface area contributed by atoms with Gasteiger partial charge >= 0.3 is 0 Å². The zero-order valence-corrected chi connectivity index (χ0v) is 19.0. The van der Waals surface area contributed by atoms with Gasteiger partial charge in [0.2, 0.25) is 11.8 Å². The van der Waals surface area contributed by atoms with Crippen molar-refractivity contribution in [3.05, 3.63) is 0 Å². The summed E-state index contributed by atoms with van der Waals surface area (Å²) in [7, 11) is 3.44. The monoisotopic (exact) mass is 495 g/mol. The van der Waals surface area contributed by atoms with Crippen LogP contribution >= 0.6 is 24.0 Å². The standard InChI is InChI=1S/C18H33N5O3.HI/c1-4-26-9-5-8-19-18(21-12-17(25)22(2)3)20-11-14-10-16(24)23(13-14)15-6-7-15;/h14-15H,4-13H2,1-3H3,(H2,19,20,21);1H. The number of nitrogens with one attached hydrogen (secondary N) is 2. The molecule has 1 atom stereocenters. The molecule has 2 fully saturated rings. The van der Waals surface area contributed by atoms with Crippen molar-refractivity contribution in [3.63, 3.8) is 0 Å². The highest BCUT2D eigenvalue weighted by molar-refractivity contribution is 14.0. The maximum atomic E-state index is 12.1. The van der Waals surface area contributed by atoms with Crippen molar-refractivity contribution < 1.29 is 14.3 Å².